The molecule has 0 aromatic rings. The maximum atomic E-state index is 12.2. The van der Waals surface area contributed by atoms with Crippen LogP contribution in [0.4, 0.5) is 0 Å². The quantitative estimate of drug-likeness (QED) is 0.0840. The van der Waals surface area contributed by atoms with Gasteiger partial charge in [0.15, 0.2) is 0 Å². The number of carbonyl (C=O) groups excluding carboxylic acids is 1. The zero-order valence-corrected chi connectivity index (χ0v) is 23.3. The van der Waals surface area contributed by atoms with Crippen LogP contribution in [0.2, 0.25) is 0 Å². The highest BCUT2D eigenvalue weighted by atomic mass is 16.3. The second-order valence-corrected chi connectivity index (χ2v) is 10.2. The Balaban J connectivity index is 3.71. The lowest BCUT2D eigenvalue weighted by Crippen LogP contribution is -2.45. The molecule has 4 nitrogen and oxygen atoms in total. The van der Waals surface area contributed by atoms with E-state index in [1.54, 1.807) is 6.08 Å². The van der Waals surface area contributed by atoms with Gasteiger partial charge in [-0.15, -0.1) is 0 Å². The van der Waals surface area contributed by atoms with Gasteiger partial charge in [-0.3, -0.25) is 4.79 Å². The van der Waals surface area contributed by atoms with E-state index in [4.69, 9.17) is 0 Å². The van der Waals surface area contributed by atoms with E-state index in [0.29, 0.717) is 6.42 Å². The van der Waals surface area contributed by atoms with Crippen LogP contribution in [0, 0.1) is 0 Å². The Bertz CT molecular complexity index is 503. The molecule has 1 amide bonds. The molecule has 0 radical (unpaired) electrons. The van der Waals surface area contributed by atoms with Gasteiger partial charge >= 0.3 is 0 Å². The van der Waals surface area contributed by atoms with Gasteiger partial charge in [0.1, 0.15) is 0 Å². The van der Waals surface area contributed by atoms with Gasteiger partial charge < -0.3 is 15.5 Å². The van der Waals surface area contributed by atoms with Gasteiger partial charge in [0.2, 0.25) is 5.91 Å². The number of amides is 1. The summed E-state index contributed by atoms with van der Waals surface area (Å²) < 4.78 is 0. The molecule has 0 saturated carbocycles. The lowest BCUT2D eigenvalue weighted by molar-refractivity contribution is -0.123. The molecule has 0 saturated heterocycles. The summed E-state index contributed by atoms with van der Waals surface area (Å²) in [6, 6.07) is -0.630. The highest BCUT2D eigenvalue weighted by molar-refractivity contribution is 5.76. The van der Waals surface area contributed by atoms with E-state index < -0.39 is 12.1 Å². The monoisotopic (exact) mass is 493 g/mol. The van der Waals surface area contributed by atoms with E-state index in [9.17, 15) is 15.0 Å². The van der Waals surface area contributed by atoms with E-state index >= 15 is 0 Å². The molecule has 4 heteroatoms. The molecule has 35 heavy (non-hydrogen) atoms. The van der Waals surface area contributed by atoms with Crippen molar-refractivity contribution in [1.82, 2.24) is 5.32 Å². The highest BCUT2D eigenvalue weighted by Crippen LogP contribution is 2.13. The number of hydrogen-bond donors (Lipinski definition) is 3. The molecule has 0 aromatic carbocycles. The maximum absolute atomic E-state index is 12.2. The third kappa shape index (κ3) is 24.3. The number of allylic oxidation sites excluding steroid dienone is 3. The molecule has 0 heterocycles. The zero-order chi connectivity index (χ0) is 25.8. The van der Waals surface area contributed by atoms with E-state index in [1.807, 2.05) is 6.08 Å². The van der Waals surface area contributed by atoms with Crippen molar-refractivity contribution < 1.29 is 15.0 Å². The Morgan fingerprint density at radius 3 is 1.66 bits per heavy atom. The lowest BCUT2D eigenvalue weighted by atomic mass is 10.0. The highest BCUT2D eigenvalue weighted by Gasteiger charge is 2.17. The van der Waals surface area contributed by atoms with Gasteiger partial charge in [-0.2, -0.15) is 0 Å². The largest absolute Gasteiger partial charge is 0.394 e. The fourth-order valence-corrected chi connectivity index (χ4v) is 4.31. The Labute approximate surface area is 218 Å². The van der Waals surface area contributed by atoms with Crippen LogP contribution in [0.1, 0.15) is 149 Å². The van der Waals surface area contributed by atoms with Crippen LogP contribution < -0.4 is 5.32 Å². The van der Waals surface area contributed by atoms with Crippen LogP contribution in [-0.4, -0.2) is 34.9 Å². The summed E-state index contributed by atoms with van der Waals surface area (Å²) in [7, 11) is 0. The van der Waals surface area contributed by atoms with Gasteiger partial charge in [0.05, 0.1) is 18.8 Å². The Hall–Kier alpha value is -1.13. The smallest absolute Gasteiger partial charge is 0.220 e. The number of unbranched alkanes of at least 4 members (excludes halogenated alkanes) is 17. The third-order valence-electron chi connectivity index (χ3n) is 6.69. The number of carbonyl (C=O) groups is 1. The number of hydrogen-bond acceptors (Lipinski definition) is 3. The Morgan fingerprint density at radius 2 is 1.11 bits per heavy atom. The SMILES string of the molecule is CCCCCC/C=C/CC/C=C/C(O)C(CO)NC(=O)CCCCCCCCCCCCCCC. The third-order valence-corrected chi connectivity index (χ3v) is 6.69. The van der Waals surface area contributed by atoms with Crippen LogP contribution in [0.15, 0.2) is 24.3 Å². The molecule has 0 aliphatic carbocycles. The minimum absolute atomic E-state index is 0.0782. The molecule has 0 spiro atoms. The molecular weight excluding hydrogens is 434 g/mol. The van der Waals surface area contributed by atoms with Crippen molar-refractivity contribution in [3.8, 4) is 0 Å². The average molecular weight is 494 g/mol. The van der Waals surface area contributed by atoms with Crippen molar-refractivity contribution in [2.24, 2.45) is 0 Å². The lowest BCUT2D eigenvalue weighted by Gasteiger charge is -2.19. The molecule has 206 valence electrons. The molecule has 0 aliphatic heterocycles. The summed E-state index contributed by atoms with van der Waals surface area (Å²) in [5.74, 6) is -0.0782. The number of aliphatic hydroxyl groups excluding tert-OH is 2. The van der Waals surface area contributed by atoms with Crippen molar-refractivity contribution in [3.63, 3.8) is 0 Å². The van der Waals surface area contributed by atoms with Crippen molar-refractivity contribution in [2.45, 2.75) is 161 Å². The summed E-state index contributed by atoms with van der Waals surface area (Å²) >= 11 is 0. The topological polar surface area (TPSA) is 69.6 Å². The van der Waals surface area contributed by atoms with Crippen molar-refractivity contribution in [2.75, 3.05) is 6.61 Å². The standard InChI is InChI=1S/C31H59NO3/c1-3-5-7-9-11-13-15-16-17-19-21-23-25-27-31(35)32-29(28-33)30(34)26-24-22-20-18-14-12-10-8-6-4-2/h14,18,24,26,29-30,33-34H,3-13,15-17,19-23,25,27-28H2,1-2H3,(H,32,35)/b18-14+,26-24+. The first kappa shape index (κ1) is 33.9. The van der Waals surface area contributed by atoms with Gasteiger partial charge in [-0.25, -0.2) is 0 Å². The summed E-state index contributed by atoms with van der Waals surface area (Å²) in [5, 5.41) is 22.6. The Kier molecular flexibility index (Phi) is 26.6. The summed E-state index contributed by atoms with van der Waals surface area (Å²) in [4.78, 5) is 12.2. The number of rotatable bonds is 26. The van der Waals surface area contributed by atoms with Gasteiger partial charge in [0.25, 0.3) is 0 Å². The van der Waals surface area contributed by atoms with Crippen LogP contribution in [0.3, 0.4) is 0 Å². The normalized spacial score (nSPS) is 13.6. The van der Waals surface area contributed by atoms with Crippen molar-refractivity contribution in [1.29, 1.82) is 0 Å². The molecule has 0 aromatic heterocycles. The van der Waals surface area contributed by atoms with Crippen molar-refractivity contribution >= 4 is 5.91 Å². The molecule has 2 unspecified atom stereocenters. The molecule has 0 bridgehead atoms. The van der Waals surface area contributed by atoms with E-state index in [-0.39, 0.29) is 12.5 Å². The summed E-state index contributed by atoms with van der Waals surface area (Å²) in [6.45, 7) is 4.23. The predicted octanol–water partition coefficient (Wildman–Crippen LogP) is 8.17. The average Bonchev–Trinajstić information content (AvgIpc) is 2.86. The second kappa shape index (κ2) is 27.5. The predicted molar refractivity (Wildman–Crippen MR) is 152 cm³/mol. The van der Waals surface area contributed by atoms with Gasteiger partial charge in [-0.05, 0) is 32.1 Å². The molecule has 3 N–H and O–H groups in total. The second-order valence-electron chi connectivity index (χ2n) is 10.2. The Morgan fingerprint density at radius 1 is 0.657 bits per heavy atom. The zero-order valence-electron chi connectivity index (χ0n) is 23.3. The van der Waals surface area contributed by atoms with Gasteiger partial charge in [-0.1, -0.05) is 134 Å². The molecular formula is C31H59NO3. The fourth-order valence-electron chi connectivity index (χ4n) is 4.31. The molecule has 2 atom stereocenters. The summed E-state index contributed by atoms with van der Waals surface area (Å²) in [5.41, 5.74) is 0. The molecule has 0 rings (SSSR count). The first-order chi connectivity index (χ1) is 17.2. The first-order valence-corrected chi connectivity index (χ1v) is 15.1. The van der Waals surface area contributed by atoms with Gasteiger partial charge in [0, 0.05) is 6.42 Å². The van der Waals surface area contributed by atoms with E-state index in [0.717, 1.165) is 32.1 Å². The summed E-state index contributed by atoms with van der Waals surface area (Å²) in [6.07, 6.45) is 32.5. The minimum Gasteiger partial charge on any atom is -0.394 e. The maximum Gasteiger partial charge on any atom is 0.220 e. The van der Waals surface area contributed by atoms with Crippen molar-refractivity contribution in [3.05, 3.63) is 24.3 Å². The van der Waals surface area contributed by atoms with Crippen LogP contribution in [0.25, 0.3) is 0 Å². The minimum atomic E-state index is -0.853. The van der Waals surface area contributed by atoms with Crippen LogP contribution >= 0.6 is 0 Å². The number of aliphatic hydroxyl groups is 2. The van der Waals surface area contributed by atoms with E-state index in [1.165, 1.54) is 96.3 Å². The fraction of sp³-hybridized carbons (Fsp3) is 0.839. The van der Waals surface area contributed by atoms with Crippen LogP contribution in [-0.2, 0) is 4.79 Å². The van der Waals surface area contributed by atoms with E-state index in [2.05, 4.69) is 31.3 Å². The number of nitrogens with one attached hydrogen (secondary N) is 1. The molecule has 0 aliphatic rings. The molecule has 0 fully saturated rings. The first-order valence-electron chi connectivity index (χ1n) is 15.1. The van der Waals surface area contributed by atoms with Crippen LogP contribution in [0.5, 0.6) is 0 Å².